The van der Waals surface area contributed by atoms with Crippen LogP contribution < -0.4 is 10.9 Å². The molecule has 1 aliphatic rings. The molecule has 0 radical (unpaired) electrons. The first kappa shape index (κ1) is 15.8. The van der Waals surface area contributed by atoms with Crippen molar-refractivity contribution in [1.29, 1.82) is 0 Å². The highest BCUT2D eigenvalue weighted by Gasteiger charge is 2.26. The molecule has 0 aromatic carbocycles. The van der Waals surface area contributed by atoms with Gasteiger partial charge in [0.05, 0.1) is 0 Å². The molecule has 0 bridgehead atoms. The molecule has 0 spiro atoms. The second-order valence-electron chi connectivity index (χ2n) is 5.82. The number of carbonyl (C=O) groups is 1. The summed E-state index contributed by atoms with van der Waals surface area (Å²) in [6.07, 6.45) is 6.94. The van der Waals surface area contributed by atoms with E-state index in [9.17, 15) is 9.59 Å². The molecule has 2 N–H and O–H groups in total. The number of H-pyrrole nitrogens is 1. The smallest absolute Gasteiger partial charge is 0.254 e. The van der Waals surface area contributed by atoms with Crippen LogP contribution in [0, 0.1) is 0 Å². The van der Waals surface area contributed by atoms with Crippen molar-refractivity contribution < 1.29 is 4.79 Å². The van der Waals surface area contributed by atoms with Crippen molar-refractivity contribution in [3.05, 3.63) is 34.2 Å². The summed E-state index contributed by atoms with van der Waals surface area (Å²) in [6.45, 7) is 3.24. The summed E-state index contributed by atoms with van der Waals surface area (Å²) in [7, 11) is 1.84. The quantitative estimate of drug-likeness (QED) is 0.869. The minimum absolute atomic E-state index is 0.0638. The van der Waals surface area contributed by atoms with E-state index in [1.54, 1.807) is 11.0 Å². The minimum Gasteiger partial charge on any atom is -0.339 e. The van der Waals surface area contributed by atoms with Crippen molar-refractivity contribution in [1.82, 2.24) is 15.2 Å². The first-order valence-electron chi connectivity index (χ1n) is 7.81. The van der Waals surface area contributed by atoms with Crippen LogP contribution in [0.4, 0.5) is 0 Å². The number of carbonyl (C=O) groups excluding carboxylic acids is 1. The lowest BCUT2D eigenvalue weighted by Gasteiger charge is -2.35. The topological polar surface area (TPSA) is 65.2 Å². The predicted molar refractivity (Wildman–Crippen MR) is 83.5 cm³/mol. The van der Waals surface area contributed by atoms with Gasteiger partial charge >= 0.3 is 0 Å². The summed E-state index contributed by atoms with van der Waals surface area (Å²) < 4.78 is 0. The Balaban J connectivity index is 1.91. The maximum absolute atomic E-state index is 12.4. The average molecular weight is 291 g/mol. The maximum atomic E-state index is 12.4. The second-order valence-corrected chi connectivity index (χ2v) is 5.82. The Morgan fingerprint density at radius 1 is 1.38 bits per heavy atom. The highest BCUT2D eigenvalue weighted by molar-refractivity contribution is 5.94. The molecule has 5 heteroatoms. The van der Waals surface area contributed by atoms with Gasteiger partial charge in [0.2, 0.25) is 5.56 Å². The van der Waals surface area contributed by atoms with E-state index in [1.165, 1.54) is 12.3 Å². The van der Waals surface area contributed by atoms with Gasteiger partial charge in [0.15, 0.2) is 0 Å². The van der Waals surface area contributed by atoms with Gasteiger partial charge in [-0.2, -0.15) is 0 Å². The van der Waals surface area contributed by atoms with E-state index in [0.29, 0.717) is 11.6 Å². The number of hydrogen-bond donors (Lipinski definition) is 2. The Bertz CT molecular complexity index is 518. The molecular weight excluding hydrogens is 266 g/mol. The molecule has 1 heterocycles. The lowest BCUT2D eigenvalue weighted by Crippen LogP contribution is -2.43. The van der Waals surface area contributed by atoms with Crippen LogP contribution in [0.5, 0.6) is 0 Å². The number of aromatic amines is 1. The number of hydrogen-bond acceptors (Lipinski definition) is 3. The zero-order valence-corrected chi connectivity index (χ0v) is 12.9. The molecule has 1 aromatic heterocycles. The molecule has 5 nitrogen and oxygen atoms in total. The van der Waals surface area contributed by atoms with Gasteiger partial charge in [-0.3, -0.25) is 9.59 Å². The van der Waals surface area contributed by atoms with E-state index in [2.05, 4.69) is 17.2 Å². The largest absolute Gasteiger partial charge is 0.339 e. The van der Waals surface area contributed by atoms with Crippen LogP contribution in [0.25, 0.3) is 0 Å². The molecule has 1 aliphatic carbocycles. The van der Waals surface area contributed by atoms with Crippen LogP contribution in [-0.4, -0.2) is 41.5 Å². The summed E-state index contributed by atoms with van der Waals surface area (Å²) in [6, 6.07) is 3.89. The zero-order chi connectivity index (χ0) is 15.2. The van der Waals surface area contributed by atoms with Crippen molar-refractivity contribution in [2.75, 3.05) is 13.6 Å². The summed E-state index contributed by atoms with van der Waals surface area (Å²) in [4.78, 5) is 28.0. The average Bonchev–Trinajstić information content (AvgIpc) is 2.52. The van der Waals surface area contributed by atoms with Gasteiger partial charge in [-0.05, 0) is 44.7 Å². The van der Waals surface area contributed by atoms with Gasteiger partial charge in [0.1, 0.15) is 0 Å². The summed E-state index contributed by atoms with van der Waals surface area (Å²) in [5, 5.41) is 3.55. The molecule has 116 valence electrons. The third kappa shape index (κ3) is 4.17. The van der Waals surface area contributed by atoms with E-state index in [-0.39, 0.29) is 17.5 Å². The lowest BCUT2D eigenvalue weighted by atomic mass is 9.90. The fourth-order valence-electron chi connectivity index (χ4n) is 2.96. The Morgan fingerprint density at radius 2 is 2.10 bits per heavy atom. The number of aromatic nitrogens is 1. The molecule has 2 rings (SSSR count). The molecule has 0 aliphatic heterocycles. The number of rotatable bonds is 5. The molecule has 1 fully saturated rings. The molecular formula is C16H25N3O2. The Labute approximate surface area is 125 Å². The van der Waals surface area contributed by atoms with Gasteiger partial charge in [-0.25, -0.2) is 0 Å². The molecule has 0 atom stereocenters. The Kier molecular flexibility index (Phi) is 5.56. The number of nitrogens with one attached hydrogen (secondary N) is 2. The Morgan fingerprint density at radius 3 is 2.71 bits per heavy atom. The molecule has 0 unspecified atom stereocenters. The van der Waals surface area contributed by atoms with E-state index < -0.39 is 0 Å². The second kappa shape index (κ2) is 7.41. The number of pyridine rings is 1. The normalized spacial score (nSPS) is 22.0. The van der Waals surface area contributed by atoms with Crippen molar-refractivity contribution in [2.45, 2.75) is 51.1 Å². The van der Waals surface area contributed by atoms with Crippen LogP contribution >= 0.6 is 0 Å². The van der Waals surface area contributed by atoms with Gasteiger partial charge in [-0.15, -0.1) is 0 Å². The third-order valence-electron chi connectivity index (χ3n) is 4.27. The van der Waals surface area contributed by atoms with Gasteiger partial charge in [-0.1, -0.05) is 6.92 Å². The van der Waals surface area contributed by atoms with E-state index in [1.807, 2.05) is 7.05 Å². The SMILES string of the molecule is CCCNC1CCC(N(C)C(=O)c2cc[nH]c(=O)c2)CC1. The number of amides is 1. The highest BCUT2D eigenvalue weighted by Crippen LogP contribution is 2.23. The fourth-order valence-corrected chi connectivity index (χ4v) is 2.96. The lowest BCUT2D eigenvalue weighted by molar-refractivity contribution is 0.0684. The first-order chi connectivity index (χ1) is 10.1. The fraction of sp³-hybridized carbons (Fsp3) is 0.625. The summed E-state index contributed by atoms with van der Waals surface area (Å²) in [5.74, 6) is -0.0638. The van der Waals surface area contributed by atoms with E-state index in [4.69, 9.17) is 0 Å². The zero-order valence-electron chi connectivity index (χ0n) is 12.9. The maximum Gasteiger partial charge on any atom is 0.254 e. The molecule has 21 heavy (non-hydrogen) atoms. The van der Waals surface area contributed by atoms with Crippen LogP contribution in [0.3, 0.4) is 0 Å². The van der Waals surface area contributed by atoms with Crippen LogP contribution in [0.15, 0.2) is 23.1 Å². The standard InChI is InChI=1S/C16H25N3O2/c1-3-9-17-13-4-6-14(7-5-13)19(2)16(21)12-8-10-18-15(20)11-12/h8,10-11,13-14,17H,3-7,9H2,1-2H3,(H,18,20). The van der Waals surface area contributed by atoms with Crippen molar-refractivity contribution >= 4 is 5.91 Å². The molecule has 1 amide bonds. The van der Waals surface area contributed by atoms with Crippen LogP contribution in [0.2, 0.25) is 0 Å². The Hall–Kier alpha value is -1.62. The summed E-state index contributed by atoms with van der Waals surface area (Å²) in [5.41, 5.74) is 0.231. The van der Waals surface area contributed by atoms with Crippen LogP contribution in [0.1, 0.15) is 49.4 Å². The van der Waals surface area contributed by atoms with Crippen molar-refractivity contribution in [3.8, 4) is 0 Å². The van der Waals surface area contributed by atoms with Gasteiger partial charge in [0.25, 0.3) is 5.91 Å². The molecule has 0 saturated heterocycles. The van der Waals surface area contributed by atoms with Crippen molar-refractivity contribution in [3.63, 3.8) is 0 Å². The number of nitrogens with zero attached hydrogens (tertiary/aromatic N) is 1. The van der Waals surface area contributed by atoms with E-state index >= 15 is 0 Å². The molecule has 1 saturated carbocycles. The van der Waals surface area contributed by atoms with Crippen LogP contribution in [-0.2, 0) is 0 Å². The predicted octanol–water partition coefficient (Wildman–Crippen LogP) is 1.76. The third-order valence-corrected chi connectivity index (χ3v) is 4.27. The van der Waals surface area contributed by atoms with Gasteiger partial charge in [0, 0.05) is 37.0 Å². The van der Waals surface area contributed by atoms with Gasteiger partial charge < -0.3 is 15.2 Å². The van der Waals surface area contributed by atoms with Crippen molar-refractivity contribution in [2.24, 2.45) is 0 Å². The molecule has 1 aromatic rings. The minimum atomic E-state index is -0.235. The van der Waals surface area contributed by atoms with E-state index in [0.717, 1.165) is 38.6 Å². The first-order valence-corrected chi connectivity index (χ1v) is 7.81. The monoisotopic (exact) mass is 291 g/mol. The highest BCUT2D eigenvalue weighted by atomic mass is 16.2. The summed E-state index contributed by atoms with van der Waals surface area (Å²) >= 11 is 0.